The van der Waals surface area contributed by atoms with Gasteiger partial charge < -0.3 is 10.2 Å². The van der Waals surface area contributed by atoms with Crippen LogP contribution in [0.25, 0.3) is 0 Å². The summed E-state index contributed by atoms with van der Waals surface area (Å²) in [5.41, 5.74) is 1.72. The average Bonchev–Trinajstić information content (AvgIpc) is 3.29. The average molecular weight is 387 g/mol. The van der Waals surface area contributed by atoms with E-state index in [1.54, 1.807) is 0 Å². The van der Waals surface area contributed by atoms with Crippen LogP contribution >= 0.6 is 0 Å². The lowest BCUT2D eigenvalue weighted by molar-refractivity contribution is -0.141. The van der Waals surface area contributed by atoms with Crippen molar-refractivity contribution in [3.63, 3.8) is 0 Å². The number of rotatable bonds is 2. The minimum absolute atomic E-state index is 0.00543. The van der Waals surface area contributed by atoms with Gasteiger partial charge in [-0.25, -0.2) is 0 Å². The summed E-state index contributed by atoms with van der Waals surface area (Å²) in [5.74, 6) is 4.23. The van der Waals surface area contributed by atoms with Gasteiger partial charge in [0.1, 0.15) is 11.9 Å². The molecule has 0 bridgehead atoms. The summed E-state index contributed by atoms with van der Waals surface area (Å²) in [6.07, 6.45) is 10.5. The monoisotopic (exact) mass is 386 g/mol. The van der Waals surface area contributed by atoms with E-state index in [0.29, 0.717) is 17.1 Å². The lowest BCUT2D eigenvalue weighted by Gasteiger charge is -2.61. The summed E-state index contributed by atoms with van der Waals surface area (Å²) in [4.78, 5) is 18.5. The van der Waals surface area contributed by atoms with E-state index in [1.165, 1.54) is 25.0 Å². The van der Waals surface area contributed by atoms with Crippen molar-refractivity contribution in [3.05, 3.63) is 0 Å². The Kier molecular flexibility index (Phi) is 4.65. The molecule has 0 radical (unpaired) electrons. The van der Waals surface area contributed by atoms with Crippen molar-refractivity contribution >= 4 is 11.5 Å². The standard InChI is InChI=1S/C24H38N2O2/c1-15-12-18-19-4-5-22(27)24(19,3)10-7-20(18)23(2)9-6-16(13-21(15)23)26-28-17-8-11-25-14-17/h15,17-21,25H,4-14H2,1-3H3/b26-16-/t15-,17-,18-,19-,20-,21?,23+,24-/m0/s1. The summed E-state index contributed by atoms with van der Waals surface area (Å²) < 4.78 is 0. The van der Waals surface area contributed by atoms with Crippen LogP contribution in [0.15, 0.2) is 5.16 Å². The van der Waals surface area contributed by atoms with Gasteiger partial charge in [-0.1, -0.05) is 25.9 Å². The van der Waals surface area contributed by atoms with Gasteiger partial charge in [0.25, 0.3) is 0 Å². The van der Waals surface area contributed by atoms with Crippen LogP contribution in [0.5, 0.6) is 0 Å². The first-order chi connectivity index (χ1) is 13.4. The third-order valence-corrected chi connectivity index (χ3v) is 9.92. The maximum absolute atomic E-state index is 12.6. The number of nitrogens with one attached hydrogen (secondary N) is 1. The summed E-state index contributed by atoms with van der Waals surface area (Å²) >= 11 is 0. The molecule has 0 aromatic carbocycles. The van der Waals surface area contributed by atoms with E-state index in [0.717, 1.165) is 75.3 Å². The molecule has 5 rings (SSSR count). The molecule has 0 aromatic heterocycles. The largest absolute Gasteiger partial charge is 0.391 e. The van der Waals surface area contributed by atoms with Gasteiger partial charge in [0, 0.05) is 24.8 Å². The number of carbonyl (C=O) groups excluding carboxylic acids is 1. The zero-order valence-corrected chi connectivity index (χ0v) is 18.0. The Bertz CT molecular complexity index is 670. The molecular weight excluding hydrogens is 348 g/mol. The number of hydrogen-bond donors (Lipinski definition) is 1. The topological polar surface area (TPSA) is 50.7 Å². The predicted octanol–water partition coefficient (Wildman–Crippen LogP) is 4.58. The van der Waals surface area contributed by atoms with E-state index in [-0.39, 0.29) is 11.5 Å². The highest BCUT2D eigenvalue weighted by Crippen LogP contribution is 2.66. The molecule has 1 saturated heterocycles. The van der Waals surface area contributed by atoms with Gasteiger partial charge in [-0.15, -0.1) is 0 Å². The smallest absolute Gasteiger partial charge is 0.141 e. The van der Waals surface area contributed by atoms with E-state index < -0.39 is 0 Å². The van der Waals surface area contributed by atoms with Gasteiger partial charge in [-0.05, 0) is 86.5 Å². The zero-order valence-electron chi connectivity index (χ0n) is 18.0. The van der Waals surface area contributed by atoms with Crippen LogP contribution in [0.1, 0.15) is 78.6 Å². The molecule has 1 aliphatic heterocycles. The fraction of sp³-hybridized carbons (Fsp3) is 0.917. The molecule has 4 aliphatic carbocycles. The van der Waals surface area contributed by atoms with Crippen LogP contribution in [0.4, 0.5) is 0 Å². The first kappa shape index (κ1) is 19.1. The van der Waals surface area contributed by atoms with E-state index in [2.05, 4.69) is 31.2 Å². The van der Waals surface area contributed by atoms with Crippen molar-refractivity contribution in [1.82, 2.24) is 5.32 Å². The molecular formula is C24H38N2O2. The summed E-state index contributed by atoms with van der Waals surface area (Å²) in [7, 11) is 0. The maximum Gasteiger partial charge on any atom is 0.141 e. The molecule has 0 spiro atoms. The predicted molar refractivity (Wildman–Crippen MR) is 111 cm³/mol. The Morgan fingerprint density at radius 3 is 2.71 bits per heavy atom. The van der Waals surface area contributed by atoms with Crippen LogP contribution in [0.3, 0.4) is 0 Å². The van der Waals surface area contributed by atoms with Crippen LogP contribution < -0.4 is 5.32 Å². The van der Waals surface area contributed by atoms with E-state index >= 15 is 0 Å². The molecule has 1 heterocycles. The summed E-state index contributed by atoms with van der Waals surface area (Å²) in [6.45, 7) is 9.36. The fourth-order valence-corrected chi connectivity index (χ4v) is 8.25. The highest BCUT2D eigenvalue weighted by molar-refractivity contribution is 5.87. The number of Topliss-reactive ketones (excluding diaryl/α,β-unsaturated/α-hetero) is 1. The number of carbonyl (C=O) groups is 1. The van der Waals surface area contributed by atoms with Crippen LogP contribution in [-0.2, 0) is 9.63 Å². The number of hydrogen-bond acceptors (Lipinski definition) is 4. The van der Waals surface area contributed by atoms with Crippen molar-refractivity contribution in [3.8, 4) is 0 Å². The van der Waals surface area contributed by atoms with Gasteiger partial charge in [-0.3, -0.25) is 4.79 Å². The molecule has 4 nitrogen and oxygen atoms in total. The molecule has 28 heavy (non-hydrogen) atoms. The third kappa shape index (κ3) is 2.80. The maximum atomic E-state index is 12.6. The van der Waals surface area contributed by atoms with Gasteiger partial charge in [-0.2, -0.15) is 0 Å². The number of nitrogens with zero attached hydrogens (tertiary/aromatic N) is 1. The molecule has 156 valence electrons. The van der Waals surface area contributed by atoms with E-state index in [1.807, 2.05) is 0 Å². The molecule has 5 fully saturated rings. The third-order valence-electron chi connectivity index (χ3n) is 9.92. The van der Waals surface area contributed by atoms with Crippen LogP contribution in [-0.4, -0.2) is 30.7 Å². The van der Waals surface area contributed by atoms with Gasteiger partial charge in [0.05, 0.1) is 5.71 Å². The Hall–Kier alpha value is -0.900. The zero-order chi connectivity index (χ0) is 19.5. The van der Waals surface area contributed by atoms with Crippen molar-refractivity contribution in [2.45, 2.75) is 84.7 Å². The van der Waals surface area contributed by atoms with Crippen molar-refractivity contribution < 1.29 is 9.63 Å². The minimum Gasteiger partial charge on any atom is -0.391 e. The van der Waals surface area contributed by atoms with Gasteiger partial charge in [0.2, 0.25) is 0 Å². The Morgan fingerprint density at radius 1 is 1.07 bits per heavy atom. The molecule has 0 aromatic rings. The second kappa shape index (κ2) is 6.82. The summed E-state index contributed by atoms with van der Waals surface area (Å²) in [5, 5.41) is 7.99. The van der Waals surface area contributed by atoms with Crippen molar-refractivity contribution in [1.29, 1.82) is 0 Å². The molecule has 4 heteroatoms. The number of ketones is 1. The number of fused-ring (bicyclic) bond motifs is 5. The summed E-state index contributed by atoms with van der Waals surface area (Å²) in [6, 6.07) is 0. The Balaban J connectivity index is 1.34. The van der Waals surface area contributed by atoms with Crippen LogP contribution in [0, 0.1) is 40.4 Å². The quantitative estimate of drug-likeness (QED) is 0.707. The second-order valence-corrected chi connectivity index (χ2v) is 11.2. The molecule has 1 unspecified atom stereocenters. The molecule has 1 N–H and O–H groups in total. The molecule has 5 aliphatic rings. The Morgan fingerprint density at radius 2 is 1.93 bits per heavy atom. The highest BCUT2D eigenvalue weighted by Gasteiger charge is 2.61. The van der Waals surface area contributed by atoms with Crippen LogP contribution in [0.2, 0.25) is 0 Å². The second-order valence-electron chi connectivity index (χ2n) is 11.2. The Labute approximate surface area is 170 Å². The first-order valence-corrected chi connectivity index (χ1v) is 11.9. The SMILES string of the molecule is C[C@H]1C[C@@H]2[C@H](CC[C@]3(C)C(=O)CC[C@@H]23)[C@@]2(C)CC/C(=N/O[C@H]3CCNC3)CC12. The van der Waals surface area contributed by atoms with E-state index in [9.17, 15) is 4.79 Å². The van der Waals surface area contributed by atoms with E-state index in [4.69, 9.17) is 4.84 Å². The molecule has 0 amide bonds. The lowest BCUT2D eigenvalue weighted by Crippen LogP contribution is -2.56. The lowest BCUT2D eigenvalue weighted by atomic mass is 9.43. The number of oxime groups is 1. The first-order valence-electron chi connectivity index (χ1n) is 11.9. The molecule has 8 atom stereocenters. The van der Waals surface area contributed by atoms with Crippen molar-refractivity contribution in [2.24, 2.45) is 45.6 Å². The molecule has 4 saturated carbocycles. The van der Waals surface area contributed by atoms with Crippen molar-refractivity contribution in [2.75, 3.05) is 13.1 Å². The van der Waals surface area contributed by atoms with Gasteiger partial charge in [0.15, 0.2) is 0 Å². The normalized spacial score (nSPS) is 52.2. The minimum atomic E-state index is -0.00543. The van der Waals surface area contributed by atoms with Gasteiger partial charge >= 0.3 is 0 Å². The fourth-order valence-electron chi connectivity index (χ4n) is 8.25. The highest BCUT2D eigenvalue weighted by atomic mass is 16.6.